The summed E-state index contributed by atoms with van der Waals surface area (Å²) in [6, 6.07) is 21.6. The number of ketones is 1. The lowest BCUT2D eigenvalue weighted by atomic mass is 9.96. The maximum absolute atomic E-state index is 12.9. The van der Waals surface area contributed by atoms with E-state index in [1.165, 1.54) is 0 Å². The number of likely N-dealkylation sites (tertiary alicyclic amines) is 2. The van der Waals surface area contributed by atoms with Crippen molar-refractivity contribution in [1.82, 2.24) is 25.0 Å². The fourth-order valence-electron chi connectivity index (χ4n) is 6.67. The van der Waals surface area contributed by atoms with Crippen LogP contribution in [0.15, 0.2) is 66.7 Å². The molecule has 10 nitrogen and oxygen atoms in total. The highest BCUT2D eigenvalue weighted by Crippen LogP contribution is 2.28. The summed E-state index contributed by atoms with van der Waals surface area (Å²) < 4.78 is 5.76. The first kappa shape index (κ1) is 34.3. The molecule has 47 heavy (non-hydrogen) atoms. The van der Waals surface area contributed by atoms with Gasteiger partial charge in [0.2, 0.25) is 5.91 Å². The number of carbonyl (C=O) groups is 3. The molecule has 0 bridgehead atoms. The first-order valence-electron chi connectivity index (χ1n) is 17.2. The van der Waals surface area contributed by atoms with Gasteiger partial charge in [-0.3, -0.25) is 19.8 Å². The Morgan fingerprint density at radius 1 is 0.894 bits per heavy atom. The zero-order chi connectivity index (χ0) is 33.0. The third kappa shape index (κ3) is 9.76. The number of aromatic nitrogens is 1. The van der Waals surface area contributed by atoms with Gasteiger partial charge in [0.25, 0.3) is 0 Å². The van der Waals surface area contributed by atoms with Gasteiger partial charge in [-0.1, -0.05) is 48.5 Å². The number of nitrogens with zero attached hydrogens (tertiary/aromatic N) is 3. The van der Waals surface area contributed by atoms with Crippen molar-refractivity contribution in [2.75, 3.05) is 64.2 Å². The molecule has 2 aromatic carbocycles. The maximum Gasteiger partial charge on any atom is 0.411 e. The van der Waals surface area contributed by atoms with Gasteiger partial charge in [0.15, 0.2) is 5.78 Å². The lowest BCUT2D eigenvalue weighted by molar-refractivity contribution is -0.137. The zero-order valence-corrected chi connectivity index (χ0v) is 27.9. The van der Waals surface area contributed by atoms with E-state index >= 15 is 0 Å². The molecule has 3 N–H and O–H groups in total. The van der Waals surface area contributed by atoms with Crippen molar-refractivity contribution in [2.45, 2.75) is 52.2 Å². The van der Waals surface area contributed by atoms with Gasteiger partial charge in [-0.25, -0.2) is 4.79 Å². The topological polar surface area (TPSA) is 110 Å². The molecule has 0 saturated carbocycles. The van der Waals surface area contributed by atoms with E-state index < -0.39 is 6.09 Å². The Morgan fingerprint density at radius 2 is 1.64 bits per heavy atom. The van der Waals surface area contributed by atoms with Gasteiger partial charge in [-0.2, -0.15) is 0 Å². The molecule has 2 fully saturated rings. The van der Waals surface area contributed by atoms with E-state index in [9.17, 15) is 14.4 Å². The Hall–Kier alpha value is -3.99. The number of nitrogens with one attached hydrogen (secondary N) is 3. The molecule has 5 rings (SSSR count). The molecule has 3 heterocycles. The predicted molar refractivity (Wildman–Crippen MR) is 185 cm³/mol. The number of H-pyrrole nitrogens is 1. The van der Waals surface area contributed by atoms with E-state index in [0.717, 1.165) is 94.0 Å². The Balaban J connectivity index is 0.972. The highest BCUT2D eigenvalue weighted by Gasteiger charge is 2.28. The van der Waals surface area contributed by atoms with Gasteiger partial charge in [0, 0.05) is 63.6 Å². The van der Waals surface area contributed by atoms with Crippen molar-refractivity contribution in [1.29, 1.82) is 0 Å². The average Bonchev–Trinajstić information content (AvgIpc) is 3.57. The van der Waals surface area contributed by atoms with Crippen molar-refractivity contribution in [3.05, 3.63) is 78.1 Å². The fourth-order valence-corrected chi connectivity index (χ4v) is 6.67. The standard InChI is InChI=1S/C37H50N6O4/c1-3-43(4-2)36(45)29-13-10-21-42(26-29)27-30-16-17-34(39-30)35(44)25-38-20-24-41-22-18-31(19-23-41)47-37(46)40-33-15-9-8-14-32(33)28-11-6-5-7-12-28/h5-9,11-12,14-17,29,31,38-39H,3-4,10,13,18-27H2,1-2H3,(H,40,46). The normalized spacial score (nSPS) is 17.7. The number of amides is 2. The quantitative estimate of drug-likeness (QED) is 0.163. The van der Waals surface area contributed by atoms with Crippen LogP contribution in [0, 0.1) is 5.92 Å². The largest absolute Gasteiger partial charge is 0.446 e. The number of Topliss-reactive ketones (excluding diaryl/α,β-unsaturated/α-hetero) is 1. The molecule has 0 spiro atoms. The maximum atomic E-state index is 12.9. The number of ether oxygens (including phenoxy) is 1. The summed E-state index contributed by atoms with van der Waals surface area (Å²) >= 11 is 0. The lowest BCUT2D eigenvalue weighted by Crippen LogP contribution is -2.44. The van der Waals surface area contributed by atoms with Crippen LogP contribution in [0.1, 0.15) is 55.7 Å². The second-order valence-corrected chi connectivity index (χ2v) is 12.6. The molecule has 2 aliphatic heterocycles. The third-order valence-electron chi connectivity index (χ3n) is 9.32. The number of piperidine rings is 2. The average molecular weight is 643 g/mol. The van der Waals surface area contributed by atoms with E-state index in [-0.39, 0.29) is 30.3 Å². The number of hydrogen-bond donors (Lipinski definition) is 3. The monoisotopic (exact) mass is 642 g/mol. The Labute approximate surface area is 278 Å². The van der Waals surface area contributed by atoms with E-state index in [0.29, 0.717) is 18.8 Å². The van der Waals surface area contributed by atoms with Crippen LogP contribution < -0.4 is 10.6 Å². The Bertz CT molecular complexity index is 1450. The number of aromatic amines is 1. The zero-order valence-electron chi connectivity index (χ0n) is 27.9. The van der Waals surface area contributed by atoms with Crippen LogP contribution in [0.2, 0.25) is 0 Å². The molecule has 2 saturated heterocycles. The smallest absolute Gasteiger partial charge is 0.411 e. The SMILES string of the molecule is CCN(CC)C(=O)C1CCCN(Cc2ccc(C(=O)CNCCN3CCC(OC(=O)Nc4ccccc4-c4ccccc4)CC3)[nH]2)C1. The minimum Gasteiger partial charge on any atom is -0.446 e. The van der Waals surface area contributed by atoms with Crippen LogP contribution in [-0.2, 0) is 16.1 Å². The molecule has 2 aliphatic rings. The summed E-state index contributed by atoms with van der Waals surface area (Å²) in [5, 5.41) is 6.22. The molecule has 2 amide bonds. The summed E-state index contributed by atoms with van der Waals surface area (Å²) in [5.74, 6) is 0.349. The number of benzene rings is 2. The summed E-state index contributed by atoms with van der Waals surface area (Å²) in [6.45, 7) is 11.5. The first-order valence-corrected chi connectivity index (χ1v) is 17.2. The minimum absolute atomic E-state index is 0.0384. The molecule has 252 valence electrons. The van der Waals surface area contributed by atoms with Gasteiger partial charge in [0.1, 0.15) is 6.10 Å². The van der Waals surface area contributed by atoms with Crippen LogP contribution in [0.3, 0.4) is 0 Å². The predicted octanol–water partition coefficient (Wildman–Crippen LogP) is 5.25. The molecule has 1 atom stereocenters. The Morgan fingerprint density at radius 3 is 2.40 bits per heavy atom. The summed E-state index contributed by atoms with van der Waals surface area (Å²) in [7, 11) is 0. The highest BCUT2D eigenvalue weighted by molar-refractivity contribution is 5.96. The number of anilines is 1. The van der Waals surface area contributed by atoms with E-state index in [4.69, 9.17) is 4.74 Å². The molecular weight excluding hydrogens is 592 g/mol. The van der Waals surface area contributed by atoms with Gasteiger partial charge < -0.3 is 24.8 Å². The van der Waals surface area contributed by atoms with E-state index in [1.807, 2.05) is 85.5 Å². The molecule has 3 aromatic rings. The van der Waals surface area contributed by atoms with Crippen LogP contribution in [0.5, 0.6) is 0 Å². The van der Waals surface area contributed by atoms with Crippen molar-refractivity contribution in [2.24, 2.45) is 5.92 Å². The van der Waals surface area contributed by atoms with E-state index in [2.05, 4.69) is 25.4 Å². The second-order valence-electron chi connectivity index (χ2n) is 12.6. The number of carbonyl (C=O) groups excluding carboxylic acids is 3. The minimum atomic E-state index is -0.426. The molecule has 1 aromatic heterocycles. The van der Waals surface area contributed by atoms with Crippen LogP contribution in [0.25, 0.3) is 11.1 Å². The molecular formula is C37H50N6O4. The van der Waals surface area contributed by atoms with Crippen LogP contribution >= 0.6 is 0 Å². The van der Waals surface area contributed by atoms with Gasteiger partial charge in [-0.15, -0.1) is 0 Å². The summed E-state index contributed by atoms with van der Waals surface area (Å²) in [5.41, 5.74) is 4.35. The highest BCUT2D eigenvalue weighted by atomic mass is 16.6. The number of hydrogen-bond acceptors (Lipinski definition) is 7. The van der Waals surface area contributed by atoms with Crippen LogP contribution in [0.4, 0.5) is 10.5 Å². The molecule has 0 aliphatic carbocycles. The second kappa shape index (κ2) is 17.2. The van der Waals surface area contributed by atoms with Crippen molar-refractivity contribution in [3.8, 4) is 11.1 Å². The van der Waals surface area contributed by atoms with Crippen molar-refractivity contribution >= 4 is 23.5 Å². The number of para-hydroxylation sites is 1. The third-order valence-corrected chi connectivity index (χ3v) is 9.32. The Kier molecular flexibility index (Phi) is 12.6. The molecule has 0 radical (unpaired) electrons. The number of rotatable bonds is 14. The summed E-state index contributed by atoms with van der Waals surface area (Å²) in [4.78, 5) is 48.3. The van der Waals surface area contributed by atoms with Crippen molar-refractivity contribution in [3.63, 3.8) is 0 Å². The van der Waals surface area contributed by atoms with Crippen molar-refractivity contribution < 1.29 is 19.1 Å². The van der Waals surface area contributed by atoms with Gasteiger partial charge >= 0.3 is 6.09 Å². The van der Waals surface area contributed by atoms with Gasteiger partial charge in [-0.05, 0) is 69.8 Å². The van der Waals surface area contributed by atoms with E-state index in [1.54, 1.807) is 0 Å². The molecule has 10 heteroatoms. The van der Waals surface area contributed by atoms with Gasteiger partial charge in [0.05, 0.1) is 23.8 Å². The first-order chi connectivity index (χ1) is 22.9. The fraction of sp³-hybridized carbons (Fsp3) is 0.486. The molecule has 1 unspecified atom stereocenters. The summed E-state index contributed by atoms with van der Waals surface area (Å²) in [6.07, 6.45) is 2.96. The lowest BCUT2D eigenvalue weighted by Gasteiger charge is -2.34. The van der Waals surface area contributed by atoms with Crippen LogP contribution in [-0.4, -0.2) is 102 Å².